The van der Waals surface area contributed by atoms with Crippen molar-refractivity contribution in [1.82, 2.24) is 15.5 Å². The Morgan fingerprint density at radius 3 is 3.11 bits per heavy atom. The summed E-state index contributed by atoms with van der Waals surface area (Å²) in [4.78, 5) is 4.49. The highest BCUT2D eigenvalue weighted by Crippen LogP contribution is 2.23. The summed E-state index contributed by atoms with van der Waals surface area (Å²) in [6.45, 7) is 1.97. The topological polar surface area (TPSA) is 60.2 Å². The SMILES string of the molecule is COc1ccccc1Cc1nc(C2CCNC2)no1. The first-order chi connectivity index (χ1) is 9.36. The van der Waals surface area contributed by atoms with E-state index < -0.39 is 0 Å². The molecule has 0 saturated carbocycles. The number of benzene rings is 1. The van der Waals surface area contributed by atoms with Crippen LogP contribution >= 0.6 is 0 Å². The van der Waals surface area contributed by atoms with Crippen LogP contribution in [0.2, 0.25) is 0 Å². The van der Waals surface area contributed by atoms with Crippen LogP contribution in [0, 0.1) is 0 Å². The summed E-state index contributed by atoms with van der Waals surface area (Å²) in [5.74, 6) is 2.70. The molecule has 1 aliphatic rings. The fraction of sp³-hybridized carbons (Fsp3) is 0.429. The van der Waals surface area contributed by atoms with E-state index in [1.807, 2.05) is 24.3 Å². The zero-order valence-corrected chi connectivity index (χ0v) is 10.9. The highest BCUT2D eigenvalue weighted by Gasteiger charge is 2.22. The lowest BCUT2D eigenvalue weighted by atomic mass is 10.1. The summed E-state index contributed by atoms with van der Waals surface area (Å²) in [5, 5.41) is 7.39. The van der Waals surface area contributed by atoms with Crippen LogP contribution in [0.5, 0.6) is 5.75 Å². The van der Waals surface area contributed by atoms with Gasteiger partial charge in [-0.15, -0.1) is 0 Å². The van der Waals surface area contributed by atoms with Gasteiger partial charge >= 0.3 is 0 Å². The second-order valence-electron chi connectivity index (χ2n) is 4.72. The van der Waals surface area contributed by atoms with Crippen molar-refractivity contribution in [2.75, 3.05) is 20.2 Å². The van der Waals surface area contributed by atoms with Crippen LogP contribution in [-0.4, -0.2) is 30.3 Å². The molecule has 1 fully saturated rings. The van der Waals surface area contributed by atoms with Crippen molar-refractivity contribution in [3.63, 3.8) is 0 Å². The van der Waals surface area contributed by atoms with Crippen LogP contribution in [0.3, 0.4) is 0 Å². The molecule has 5 nitrogen and oxygen atoms in total. The van der Waals surface area contributed by atoms with Gasteiger partial charge in [0.05, 0.1) is 13.5 Å². The monoisotopic (exact) mass is 259 g/mol. The minimum absolute atomic E-state index is 0.384. The van der Waals surface area contributed by atoms with Crippen molar-refractivity contribution in [2.24, 2.45) is 0 Å². The fourth-order valence-corrected chi connectivity index (χ4v) is 2.39. The first kappa shape index (κ1) is 12.2. The Balaban J connectivity index is 1.76. The number of nitrogens with one attached hydrogen (secondary N) is 1. The minimum Gasteiger partial charge on any atom is -0.496 e. The number of para-hydroxylation sites is 1. The molecule has 1 unspecified atom stereocenters. The Bertz CT molecular complexity index is 547. The molecule has 0 radical (unpaired) electrons. The lowest BCUT2D eigenvalue weighted by molar-refractivity contribution is 0.372. The molecule has 100 valence electrons. The second-order valence-corrected chi connectivity index (χ2v) is 4.72. The van der Waals surface area contributed by atoms with E-state index in [1.165, 1.54) is 0 Å². The molecule has 1 aliphatic heterocycles. The molecule has 2 heterocycles. The lowest BCUT2D eigenvalue weighted by Gasteiger charge is -2.05. The van der Waals surface area contributed by atoms with Crippen molar-refractivity contribution < 1.29 is 9.26 Å². The molecular formula is C14H17N3O2. The molecule has 5 heteroatoms. The highest BCUT2D eigenvalue weighted by molar-refractivity contribution is 5.34. The Morgan fingerprint density at radius 1 is 1.42 bits per heavy atom. The van der Waals surface area contributed by atoms with E-state index in [0.29, 0.717) is 18.2 Å². The van der Waals surface area contributed by atoms with E-state index in [0.717, 1.165) is 36.6 Å². The van der Waals surface area contributed by atoms with Crippen LogP contribution in [0.15, 0.2) is 28.8 Å². The normalized spacial score (nSPS) is 18.7. The van der Waals surface area contributed by atoms with Crippen molar-refractivity contribution in [3.8, 4) is 5.75 Å². The third-order valence-electron chi connectivity index (χ3n) is 3.44. The van der Waals surface area contributed by atoms with Gasteiger partial charge in [-0.25, -0.2) is 0 Å². The number of hydrogen-bond acceptors (Lipinski definition) is 5. The van der Waals surface area contributed by atoms with Crippen LogP contribution in [-0.2, 0) is 6.42 Å². The molecular weight excluding hydrogens is 242 g/mol. The van der Waals surface area contributed by atoms with Gasteiger partial charge in [0.25, 0.3) is 0 Å². The minimum atomic E-state index is 0.384. The molecule has 0 spiro atoms. The second kappa shape index (κ2) is 5.40. The Morgan fingerprint density at radius 2 is 2.32 bits per heavy atom. The predicted molar refractivity (Wildman–Crippen MR) is 70.3 cm³/mol. The molecule has 1 aromatic heterocycles. The summed E-state index contributed by atoms with van der Waals surface area (Å²) in [6, 6.07) is 7.88. The average molecular weight is 259 g/mol. The number of nitrogens with zero attached hydrogens (tertiary/aromatic N) is 2. The number of methoxy groups -OCH3 is 1. The Labute approximate surface area is 112 Å². The van der Waals surface area contributed by atoms with E-state index in [4.69, 9.17) is 9.26 Å². The summed E-state index contributed by atoms with van der Waals surface area (Å²) in [6.07, 6.45) is 1.69. The molecule has 19 heavy (non-hydrogen) atoms. The van der Waals surface area contributed by atoms with Gasteiger partial charge in [-0.05, 0) is 19.0 Å². The first-order valence-corrected chi connectivity index (χ1v) is 6.52. The maximum absolute atomic E-state index is 5.34. The molecule has 0 bridgehead atoms. The van der Waals surface area contributed by atoms with Crippen molar-refractivity contribution in [3.05, 3.63) is 41.5 Å². The molecule has 1 saturated heterocycles. The van der Waals surface area contributed by atoms with Gasteiger partial charge in [0.2, 0.25) is 5.89 Å². The van der Waals surface area contributed by atoms with E-state index in [9.17, 15) is 0 Å². The number of aromatic nitrogens is 2. The molecule has 1 N–H and O–H groups in total. The Hall–Kier alpha value is -1.88. The largest absolute Gasteiger partial charge is 0.496 e. The number of ether oxygens (including phenoxy) is 1. The quantitative estimate of drug-likeness (QED) is 0.906. The van der Waals surface area contributed by atoms with Crippen molar-refractivity contribution >= 4 is 0 Å². The predicted octanol–water partition coefficient (Wildman–Crippen LogP) is 1.75. The van der Waals surface area contributed by atoms with E-state index in [-0.39, 0.29) is 0 Å². The van der Waals surface area contributed by atoms with Gasteiger partial charge in [0.1, 0.15) is 5.75 Å². The smallest absolute Gasteiger partial charge is 0.231 e. The van der Waals surface area contributed by atoms with Gasteiger partial charge in [-0.2, -0.15) is 4.98 Å². The van der Waals surface area contributed by atoms with Crippen molar-refractivity contribution in [1.29, 1.82) is 0 Å². The lowest BCUT2D eigenvalue weighted by Crippen LogP contribution is -2.08. The summed E-state index contributed by atoms with van der Waals surface area (Å²) in [7, 11) is 1.67. The van der Waals surface area contributed by atoms with E-state index in [1.54, 1.807) is 7.11 Å². The van der Waals surface area contributed by atoms with Gasteiger partial charge < -0.3 is 14.6 Å². The third-order valence-corrected chi connectivity index (χ3v) is 3.44. The third kappa shape index (κ3) is 2.61. The summed E-state index contributed by atoms with van der Waals surface area (Å²) in [5.41, 5.74) is 1.06. The standard InChI is InChI=1S/C14H17N3O2/c1-18-12-5-3-2-4-10(12)8-13-16-14(17-19-13)11-6-7-15-9-11/h2-5,11,15H,6-9H2,1H3. The number of hydrogen-bond donors (Lipinski definition) is 1. The summed E-state index contributed by atoms with van der Waals surface area (Å²) >= 11 is 0. The van der Waals surface area contributed by atoms with Gasteiger partial charge in [-0.1, -0.05) is 23.4 Å². The maximum Gasteiger partial charge on any atom is 0.231 e. The fourth-order valence-electron chi connectivity index (χ4n) is 2.39. The molecule has 2 aromatic rings. The van der Waals surface area contributed by atoms with Crippen LogP contribution in [0.25, 0.3) is 0 Å². The van der Waals surface area contributed by atoms with Gasteiger partial charge in [-0.3, -0.25) is 0 Å². The first-order valence-electron chi connectivity index (χ1n) is 6.52. The molecule has 1 aromatic carbocycles. The summed E-state index contributed by atoms with van der Waals surface area (Å²) < 4.78 is 10.7. The zero-order chi connectivity index (χ0) is 13.1. The van der Waals surface area contributed by atoms with Crippen LogP contribution in [0.1, 0.15) is 29.6 Å². The molecule has 3 rings (SSSR count). The molecule has 0 aliphatic carbocycles. The van der Waals surface area contributed by atoms with Crippen molar-refractivity contribution in [2.45, 2.75) is 18.8 Å². The van der Waals surface area contributed by atoms with E-state index >= 15 is 0 Å². The van der Waals surface area contributed by atoms with Gasteiger partial charge in [0.15, 0.2) is 5.82 Å². The highest BCUT2D eigenvalue weighted by atomic mass is 16.5. The average Bonchev–Trinajstić information content (AvgIpc) is 3.09. The zero-order valence-electron chi connectivity index (χ0n) is 10.9. The maximum atomic E-state index is 5.34. The van der Waals surface area contributed by atoms with E-state index in [2.05, 4.69) is 15.5 Å². The van der Waals surface area contributed by atoms with Crippen LogP contribution < -0.4 is 10.1 Å². The van der Waals surface area contributed by atoms with Gasteiger partial charge in [0, 0.05) is 18.0 Å². The Kier molecular flexibility index (Phi) is 3.46. The molecule has 1 atom stereocenters. The van der Waals surface area contributed by atoms with Crippen LogP contribution in [0.4, 0.5) is 0 Å². The molecule has 0 amide bonds. The number of rotatable bonds is 4.